The molecule has 0 aromatic heterocycles. The lowest BCUT2D eigenvalue weighted by molar-refractivity contribution is -0.143. The summed E-state index contributed by atoms with van der Waals surface area (Å²) in [4.78, 5) is 31.8. The van der Waals surface area contributed by atoms with Gasteiger partial charge in [0.2, 0.25) is 0 Å². The first-order chi connectivity index (χ1) is 7.06. The van der Waals surface area contributed by atoms with Crippen LogP contribution in [0, 0.1) is 0 Å². The first-order valence-corrected chi connectivity index (χ1v) is 4.43. The number of carbonyl (C=O) groups is 3. The number of urea groups is 1. The molecule has 7 nitrogen and oxygen atoms in total. The highest BCUT2D eigenvalue weighted by atomic mass is 16.5. The van der Waals surface area contributed by atoms with Crippen LogP contribution >= 0.6 is 0 Å². The summed E-state index contributed by atoms with van der Waals surface area (Å²) in [5.41, 5.74) is 0. The van der Waals surface area contributed by atoms with Crippen LogP contribution in [-0.4, -0.2) is 42.8 Å². The van der Waals surface area contributed by atoms with E-state index in [1.807, 2.05) is 12.2 Å². The van der Waals surface area contributed by atoms with E-state index in [2.05, 4.69) is 10.1 Å². The lowest BCUT2D eigenvalue weighted by Crippen LogP contribution is -2.41. The number of carbonyl (C=O) groups excluding carboxylic acids is 2. The molecule has 86 valence electrons. The Balaban J connectivity index is 3.55. The maximum atomic E-state index is 10.9. The number of imide groups is 1. The highest BCUT2D eigenvalue weighted by Gasteiger charge is 2.07. The first kappa shape index (κ1) is 13.4. The summed E-state index contributed by atoms with van der Waals surface area (Å²) in [5, 5.41) is 12.6. The van der Waals surface area contributed by atoms with Crippen molar-refractivity contribution in [1.29, 1.82) is 0 Å². The van der Waals surface area contributed by atoms with E-state index >= 15 is 0 Å². The zero-order valence-electron chi connectivity index (χ0n) is 8.41. The molecule has 0 saturated carbocycles. The molecule has 0 atom stereocenters. The van der Waals surface area contributed by atoms with E-state index < -0.39 is 31.1 Å². The number of rotatable bonds is 6. The molecular formula is C8H14N2O5. The predicted molar refractivity (Wildman–Crippen MR) is 50.3 cm³/mol. The van der Waals surface area contributed by atoms with Crippen LogP contribution in [0.4, 0.5) is 4.79 Å². The molecule has 15 heavy (non-hydrogen) atoms. The summed E-state index contributed by atoms with van der Waals surface area (Å²) in [6.45, 7) is 1.32. The van der Waals surface area contributed by atoms with Crippen molar-refractivity contribution in [1.82, 2.24) is 10.6 Å². The molecule has 0 aliphatic rings. The summed E-state index contributed by atoms with van der Waals surface area (Å²) >= 11 is 0. The van der Waals surface area contributed by atoms with E-state index in [4.69, 9.17) is 5.11 Å². The quantitative estimate of drug-likeness (QED) is 0.548. The van der Waals surface area contributed by atoms with Crippen molar-refractivity contribution >= 4 is 17.9 Å². The van der Waals surface area contributed by atoms with E-state index in [9.17, 15) is 14.4 Å². The maximum Gasteiger partial charge on any atom is 0.329 e. The normalized spacial score (nSPS) is 9.40. The highest BCUT2D eigenvalue weighted by molar-refractivity contribution is 5.94. The molecule has 7 heteroatoms. The summed E-state index contributed by atoms with van der Waals surface area (Å²) < 4.78 is 4.47. The van der Waals surface area contributed by atoms with E-state index in [-0.39, 0.29) is 0 Å². The number of ether oxygens (including phenoxy) is 1. The number of nitrogens with one attached hydrogen (secondary N) is 2. The fraction of sp³-hybridized carbons (Fsp3) is 0.625. The minimum absolute atomic E-state index is 0.453. The van der Waals surface area contributed by atoms with Crippen molar-refractivity contribution in [3.63, 3.8) is 0 Å². The molecule has 0 saturated heterocycles. The summed E-state index contributed by atoms with van der Waals surface area (Å²) in [6.07, 6.45) is 0.761. The number of aliphatic carboxylic acids is 1. The standard InChI is InChI=1S/C8H14N2O5/c1-2-3-9-8(14)10-6(11)4-15-5-7(12)13/h2-5H2,1H3,(H,12,13)(H2,9,10,11,14). The second-order valence-corrected chi connectivity index (χ2v) is 2.69. The second kappa shape index (κ2) is 7.74. The highest BCUT2D eigenvalue weighted by Crippen LogP contribution is 1.77. The Morgan fingerprint density at radius 1 is 1.27 bits per heavy atom. The van der Waals surface area contributed by atoms with Gasteiger partial charge in [0.1, 0.15) is 13.2 Å². The van der Waals surface area contributed by atoms with Gasteiger partial charge in [-0.1, -0.05) is 6.92 Å². The number of hydrogen-bond donors (Lipinski definition) is 3. The second-order valence-electron chi connectivity index (χ2n) is 2.69. The van der Waals surface area contributed by atoms with Crippen LogP contribution in [0.3, 0.4) is 0 Å². The minimum Gasteiger partial charge on any atom is -0.480 e. The van der Waals surface area contributed by atoms with Gasteiger partial charge in [-0.2, -0.15) is 0 Å². The lowest BCUT2D eigenvalue weighted by Gasteiger charge is -2.05. The third-order valence-electron chi connectivity index (χ3n) is 1.25. The van der Waals surface area contributed by atoms with Crippen LogP contribution in [0.1, 0.15) is 13.3 Å². The Hall–Kier alpha value is -1.63. The van der Waals surface area contributed by atoms with Crippen molar-refractivity contribution in [3.8, 4) is 0 Å². The molecule has 0 heterocycles. The molecule has 0 fully saturated rings. The molecule has 0 rings (SSSR count). The van der Waals surface area contributed by atoms with Crippen molar-refractivity contribution in [2.75, 3.05) is 19.8 Å². The van der Waals surface area contributed by atoms with Gasteiger partial charge in [-0.3, -0.25) is 10.1 Å². The number of carboxylic acid groups (broad SMARTS) is 1. The predicted octanol–water partition coefficient (Wildman–Crippen LogP) is -0.677. The number of carboxylic acids is 1. The van der Waals surface area contributed by atoms with Crippen LogP contribution in [0.25, 0.3) is 0 Å². The Morgan fingerprint density at radius 2 is 1.93 bits per heavy atom. The van der Waals surface area contributed by atoms with Gasteiger partial charge < -0.3 is 15.2 Å². The smallest absolute Gasteiger partial charge is 0.329 e. The molecule has 0 aromatic rings. The Kier molecular flexibility index (Phi) is 6.90. The van der Waals surface area contributed by atoms with Gasteiger partial charge in [0.25, 0.3) is 5.91 Å². The van der Waals surface area contributed by atoms with Crippen molar-refractivity contribution in [3.05, 3.63) is 0 Å². The molecule has 0 unspecified atom stereocenters. The average Bonchev–Trinajstić information content (AvgIpc) is 2.14. The lowest BCUT2D eigenvalue weighted by atomic mass is 10.5. The van der Waals surface area contributed by atoms with E-state index in [1.165, 1.54) is 0 Å². The van der Waals surface area contributed by atoms with Crippen LogP contribution < -0.4 is 10.6 Å². The maximum absolute atomic E-state index is 10.9. The van der Waals surface area contributed by atoms with E-state index in [0.29, 0.717) is 6.54 Å². The molecule has 0 radical (unpaired) electrons. The largest absolute Gasteiger partial charge is 0.480 e. The Morgan fingerprint density at radius 3 is 2.47 bits per heavy atom. The fourth-order valence-electron chi connectivity index (χ4n) is 0.676. The van der Waals surface area contributed by atoms with Gasteiger partial charge in [-0.25, -0.2) is 9.59 Å². The van der Waals surface area contributed by atoms with Crippen LogP contribution in [0.2, 0.25) is 0 Å². The van der Waals surface area contributed by atoms with Crippen LogP contribution in [0.5, 0.6) is 0 Å². The average molecular weight is 218 g/mol. The van der Waals surface area contributed by atoms with Crippen molar-refractivity contribution in [2.45, 2.75) is 13.3 Å². The van der Waals surface area contributed by atoms with Crippen LogP contribution in [-0.2, 0) is 14.3 Å². The minimum atomic E-state index is -1.17. The molecule has 3 amide bonds. The van der Waals surface area contributed by atoms with Gasteiger partial charge in [-0.15, -0.1) is 0 Å². The molecule has 0 aromatic carbocycles. The molecule has 3 N–H and O–H groups in total. The fourth-order valence-corrected chi connectivity index (χ4v) is 0.676. The van der Waals surface area contributed by atoms with Crippen molar-refractivity contribution in [2.24, 2.45) is 0 Å². The first-order valence-electron chi connectivity index (χ1n) is 4.43. The molecule has 0 bridgehead atoms. The van der Waals surface area contributed by atoms with E-state index in [0.717, 1.165) is 6.42 Å². The summed E-state index contributed by atoms with van der Waals surface area (Å²) in [6, 6.07) is -0.610. The zero-order valence-corrected chi connectivity index (χ0v) is 8.41. The monoisotopic (exact) mass is 218 g/mol. The number of amides is 3. The molecule has 0 aliphatic carbocycles. The molecule has 0 spiro atoms. The van der Waals surface area contributed by atoms with Gasteiger partial charge in [0, 0.05) is 6.54 Å². The molecule has 0 aliphatic heterocycles. The Bertz CT molecular complexity index is 241. The van der Waals surface area contributed by atoms with Gasteiger partial charge in [0.05, 0.1) is 0 Å². The van der Waals surface area contributed by atoms with Gasteiger partial charge in [0.15, 0.2) is 0 Å². The van der Waals surface area contributed by atoms with Crippen LogP contribution in [0.15, 0.2) is 0 Å². The third-order valence-corrected chi connectivity index (χ3v) is 1.25. The SMILES string of the molecule is CCCNC(=O)NC(=O)COCC(=O)O. The molecular weight excluding hydrogens is 204 g/mol. The van der Waals surface area contributed by atoms with Crippen molar-refractivity contribution < 1.29 is 24.2 Å². The third kappa shape index (κ3) is 8.69. The zero-order chi connectivity index (χ0) is 11.7. The van der Waals surface area contributed by atoms with Gasteiger partial charge in [-0.05, 0) is 6.42 Å². The van der Waals surface area contributed by atoms with E-state index in [1.54, 1.807) is 0 Å². The topological polar surface area (TPSA) is 105 Å². The Labute approximate surface area is 86.8 Å². The van der Waals surface area contributed by atoms with Gasteiger partial charge >= 0.3 is 12.0 Å². The summed E-state index contributed by atoms with van der Waals surface area (Å²) in [7, 11) is 0. The summed E-state index contributed by atoms with van der Waals surface area (Å²) in [5.74, 6) is -1.84. The number of hydrogen-bond acceptors (Lipinski definition) is 4.